The monoisotopic (exact) mass is 420 g/mol. The van der Waals surface area contributed by atoms with Gasteiger partial charge in [-0.1, -0.05) is 30.2 Å². The molecule has 29 heavy (non-hydrogen) atoms. The highest BCUT2D eigenvalue weighted by Gasteiger charge is 2.62. The van der Waals surface area contributed by atoms with Gasteiger partial charge in [-0.2, -0.15) is 0 Å². The number of ether oxygens (including phenoxy) is 1. The van der Waals surface area contributed by atoms with Gasteiger partial charge in [0.2, 0.25) is 5.91 Å². The highest BCUT2D eigenvalue weighted by Crippen LogP contribution is 2.54. The second-order valence-electron chi connectivity index (χ2n) is 8.80. The fraction of sp³-hybridized carbons (Fsp3) is 0.636. The summed E-state index contributed by atoms with van der Waals surface area (Å²) >= 11 is 6.00. The molecule has 1 aromatic rings. The molecule has 3 saturated heterocycles. The topological polar surface area (TPSA) is 78.9 Å². The van der Waals surface area contributed by atoms with Gasteiger partial charge in [0.1, 0.15) is 0 Å². The number of likely N-dealkylation sites (tertiary alicyclic amines) is 1. The number of halogens is 1. The minimum atomic E-state index is -0.250. The molecule has 0 radical (unpaired) electrons. The zero-order valence-corrected chi connectivity index (χ0v) is 17.3. The molecule has 6 nitrogen and oxygen atoms in total. The summed E-state index contributed by atoms with van der Waals surface area (Å²) in [5.41, 5.74) is 1.33. The lowest BCUT2D eigenvalue weighted by molar-refractivity contribution is -0.127. The third-order valence-corrected chi connectivity index (χ3v) is 7.41. The molecule has 1 aliphatic carbocycles. The number of fused-ring (bicyclic) bond motifs is 1. The zero-order chi connectivity index (χ0) is 20.4. The molecule has 1 spiro atoms. The molecule has 5 rings (SSSR count). The van der Waals surface area contributed by atoms with Crippen LogP contribution in [0.4, 0.5) is 0 Å². The molecular weight excluding hydrogens is 392 g/mol. The summed E-state index contributed by atoms with van der Waals surface area (Å²) < 4.78 is 6.50. The highest BCUT2D eigenvalue weighted by molar-refractivity contribution is 6.30. The molecule has 158 valence electrons. The summed E-state index contributed by atoms with van der Waals surface area (Å²) in [6.45, 7) is 3.58. The van der Waals surface area contributed by atoms with E-state index in [1.807, 2.05) is 12.1 Å². The van der Waals surface area contributed by atoms with Gasteiger partial charge in [0.05, 0.1) is 11.7 Å². The molecule has 7 heteroatoms. The van der Waals surface area contributed by atoms with Crippen molar-refractivity contribution >= 4 is 24.0 Å². The number of nitrogens with one attached hydrogen (secondary N) is 1. The van der Waals surface area contributed by atoms with Crippen LogP contribution >= 0.6 is 11.6 Å². The van der Waals surface area contributed by atoms with Crippen molar-refractivity contribution in [2.45, 2.75) is 50.4 Å². The summed E-state index contributed by atoms with van der Waals surface area (Å²) in [7, 11) is 0. The lowest BCUT2D eigenvalue weighted by atomic mass is 9.73. The van der Waals surface area contributed by atoms with Crippen LogP contribution in [0, 0.1) is 17.8 Å². The molecule has 2 N–H and O–H groups in total. The number of carbonyl (C=O) groups excluding carboxylic acids is 1. The molecule has 4 fully saturated rings. The van der Waals surface area contributed by atoms with Gasteiger partial charge < -0.3 is 15.2 Å². The first-order valence-electron chi connectivity index (χ1n) is 10.5. The Hall–Kier alpha value is -1.63. The number of nitrogens with zero attached hydrogens (tertiary/aromatic N) is 1. The zero-order valence-electron chi connectivity index (χ0n) is 16.6. The Morgan fingerprint density at radius 1 is 1.31 bits per heavy atom. The van der Waals surface area contributed by atoms with Crippen LogP contribution < -0.4 is 5.32 Å². The number of hydrogen-bond donors (Lipinski definition) is 2. The first kappa shape index (κ1) is 20.6. The van der Waals surface area contributed by atoms with Gasteiger partial charge >= 0.3 is 0 Å². The van der Waals surface area contributed by atoms with E-state index in [1.54, 1.807) is 0 Å². The first-order chi connectivity index (χ1) is 14.0. The molecule has 2 bridgehead atoms. The molecule has 3 heterocycles. The highest BCUT2D eigenvalue weighted by atomic mass is 35.5. The Morgan fingerprint density at radius 3 is 2.69 bits per heavy atom. The largest absolute Gasteiger partial charge is 0.483 e. The minimum absolute atomic E-state index is 0.0307. The molecule has 0 aromatic heterocycles. The molecule has 4 aliphatic rings. The Kier molecular flexibility index (Phi) is 6.13. The van der Waals surface area contributed by atoms with Gasteiger partial charge in [0.25, 0.3) is 6.47 Å². The van der Waals surface area contributed by atoms with Crippen molar-refractivity contribution in [2.75, 3.05) is 19.6 Å². The van der Waals surface area contributed by atoms with Crippen molar-refractivity contribution in [3.05, 3.63) is 34.9 Å². The number of carboxylic acid groups (broad SMARTS) is 1. The van der Waals surface area contributed by atoms with Gasteiger partial charge in [-0.25, -0.2) is 0 Å². The van der Waals surface area contributed by atoms with Crippen molar-refractivity contribution in [3.63, 3.8) is 0 Å². The number of amides is 1. The molecule has 1 amide bonds. The van der Waals surface area contributed by atoms with Gasteiger partial charge in [-0.05, 0) is 43.4 Å². The SMILES string of the molecule is O=C(NC[C@H]1[C@H]2CN(Cc3ccc(Cl)cc3)C[C@]23CC[C@H]1O3)C1CCC1.O=CO. The van der Waals surface area contributed by atoms with Gasteiger partial charge in [-0.3, -0.25) is 14.5 Å². The average molecular weight is 421 g/mol. The summed E-state index contributed by atoms with van der Waals surface area (Å²) in [5.74, 6) is 1.57. The number of rotatable bonds is 5. The van der Waals surface area contributed by atoms with Gasteiger partial charge in [0, 0.05) is 49.0 Å². The number of benzene rings is 1. The van der Waals surface area contributed by atoms with Crippen molar-refractivity contribution in [2.24, 2.45) is 17.8 Å². The predicted octanol–water partition coefficient (Wildman–Crippen LogP) is 2.94. The third kappa shape index (κ3) is 4.16. The standard InChI is InChI=1S/C21H27ClN2O2.CH2O2/c22-16-6-4-14(5-7-16)11-24-12-18-17(10-23-20(25)15-2-1-3-15)19-8-9-21(18,13-24)26-19;2-1-3/h4-7,15,17-19H,1-3,8-13H2,(H,23,25);1H,(H,2,3)/t17-,18+,19+,21+;/m0./s1. The fourth-order valence-corrected chi connectivity index (χ4v) is 5.69. The second-order valence-corrected chi connectivity index (χ2v) is 9.24. The number of carbonyl (C=O) groups is 2. The predicted molar refractivity (Wildman–Crippen MR) is 110 cm³/mol. The van der Waals surface area contributed by atoms with Gasteiger partial charge in [-0.15, -0.1) is 0 Å². The van der Waals surface area contributed by atoms with E-state index in [0.29, 0.717) is 17.9 Å². The Labute approximate surface area is 176 Å². The van der Waals surface area contributed by atoms with E-state index in [2.05, 4.69) is 22.3 Å². The van der Waals surface area contributed by atoms with E-state index in [0.717, 1.165) is 50.5 Å². The van der Waals surface area contributed by atoms with E-state index >= 15 is 0 Å². The third-order valence-electron chi connectivity index (χ3n) is 7.16. The van der Waals surface area contributed by atoms with Crippen molar-refractivity contribution in [3.8, 4) is 0 Å². The fourth-order valence-electron chi connectivity index (χ4n) is 5.56. The maximum Gasteiger partial charge on any atom is 0.290 e. The molecule has 1 aromatic carbocycles. The van der Waals surface area contributed by atoms with Crippen molar-refractivity contribution < 1.29 is 19.4 Å². The van der Waals surface area contributed by atoms with Gasteiger partial charge in [0.15, 0.2) is 0 Å². The number of hydrogen-bond acceptors (Lipinski definition) is 4. The smallest absolute Gasteiger partial charge is 0.290 e. The van der Waals surface area contributed by atoms with Crippen LogP contribution in [0.1, 0.15) is 37.7 Å². The molecular formula is C22H29ClN2O4. The molecule has 3 aliphatic heterocycles. The first-order valence-corrected chi connectivity index (χ1v) is 10.9. The normalized spacial score (nSPS) is 32.8. The summed E-state index contributed by atoms with van der Waals surface area (Å²) in [5, 5.41) is 10.9. The quantitative estimate of drug-likeness (QED) is 0.716. The average Bonchev–Trinajstić information content (AvgIpc) is 3.29. The summed E-state index contributed by atoms with van der Waals surface area (Å²) in [6, 6.07) is 8.16. The van der Waals surface area contributed by atoms with E-state index < -0.39 is 0 Å². The summed E-state index contributed by atoms with van der Waals surface area (Å²) in [4.78, 5) is 23.1. The van der Waals surface area contributed by atoms with E-state index in [-0.39, 0.29) is 23.9 Å². The van der Waals surface area contributed by atoms with Crippen LogP contribution in [0.5, 0.6) is 0 Å². The van der Waals surface area contributed by atoms with Crippen LogP contribution in [0.15, 0.2) is 24.3 Å². The van der Waals surface area contributed by atoms with Crippen LogP contribution in [0.3, 0.4) is 0 Å². The van der Waals surface area contributed by atoms with Crippen LogP contribution in [-0.4, -0.2) is 53.7 Å². The maximum atomic E-state index is 12.2. The Balaban J connectivity index is 0.000000645. The van der Waals surface area contributed by atoms with Crippen LogP contribution in [0.25, 0.3) is 0 Å². The lowest BCUT2D eigenvalue weighted by Crippen LogP contribution is -2.44. The van der Waals surface area contributed by atoms with E-state index in [9.17, 15) is 4.79 Å². The second kappa shape index (κ2) is 8.62. The summed E-state index contributed by atoms with van der Waals surface area (Å²) in [6.07, 6.45) is 6.01. The minimum Gasteiger partial charge on any atom is -0.483 e. The Bertz CT molecular complexity index is 739. The Morgan fingerprint density at radius 2 is 2.03 bits per heavy atom. The molecule has 1 saturated carbocycles. The van der Waals surface area contributed by atoms with E-state index in [4.69, 9.17) is 26.2 Å². The van der Waals surface area contributed by atoms with E-state index in [1.165, 1.54) is 18.4 Å². The lowest BCUT2D eigenvalue weighted by Gasteiger charge is -2.31. The van der Waals surface area contributed by atoms with Crippen molar-refractivity contribution in [1.82, 2.24) is 10.2 Å². The van der Waals surface area contributed by atoms with Crippen LogP contribution in [-0.2, 0) is 20.9 Å². The molecule has 0 unspecified atom stereocenters. The maximum absolute atomic E-state index is 12.2. The van der Waals surface area contributed by atoms with Crippen molar-refractivity contribution in [1.29, 1.82) is 0 Å². The van der Waals surface area contributed by atoms with Crippen LogP contribution in [0.2, 0.25) is 5.02 Å². The molecule has 4 atom stereocenters.